The van der Waals surface area contributed by atoms with Crippen LogP contribution < -0.4 is 10.8 Å². The number of terminal acetylenes is 1. The van der Waals surface area contributed by atoms with Gasteiger partial charge >= 0.3 is 12.1 Å². The fraction of sp³-hybridized carbons (Fsp3) is 0.286. The molecule has 1 aliphatic carbocycles. The lowest BCUT2D eigenvalue weighted by Gasteiger charge is -2.30. The summed E-state index contributed by atoms with van der Waals surface area (Å²) in [7, 11) is 1.33. The van der Waals surface area contributed by atoms with Crippen LogP contribution in [0.2, 0.25) is 0 Å². The van der Waals surface area contributed by atoms with Gasteiger partial charge in [-0.15, -0.1) is 6.42 Å². The Morgan fingerprint density at radius 3 is 2.02 bits per heavy atom. The smallest absolute Gasteiger partial charge is 0.407 e. The zero-order chi connectivity index (χ0) is 32.3. The third kappa shape index (κ3) is 9.20. The van der Waals surface area contributed by atoms with Gasteiger partial charge in [-0.1, -0.05) is 54.5 Å². The minimum absolute atomic E-state index is 0.0624. The number of amides is 2. The summed E-state index contributed by atoms with van der Waals surface area (Å²) < 4.78 is 11.4. The van der Waals surface area contributed by atoms with Gasteiger partial charge in [-0.3, -0.25) is 9.63 Å². The SMILES string of the molecule is C#CC#Cc1ccc(C(=O)O)cc1.CONC(=O)C(NC(=O)OCC1c2ccccc2-c2ccccc21)[C@@H](C)OC(C)(C)C. The van der Waals surface area contributed by atoms with Crippen molar-refractivity contribution in [3.8, 4) is 35.3 Å². The summed E-state index contributed by atoms with van der Waals surface area (Å²) in [5.74, 6) is 5.77. The molecular formula is C35H36N2O7. The van der Waals surface area contributed by atoms with E-state index >= 15 is 0 Å². The normalized spacial score (nSPS) is 12.8. The molecule has 9 nitrogen and oxygen atoms in total. The quantitative estimate of drug-likeness (QED) is 0.243. The van der Waals surface area contributed by atoms with Gasteiger partial charge in [0.05, 0.1) is 24.4 Å². The van der Waals surface area contributed by atoms with Crippen LogP contribution in [0, 0.1) is 24.2 Å². The number of rotatable bonds is 8. The van der Waals surface area contributed by atoms with Gasteiger partial charge in [0.1, 0.15) is 12.6 Å². The van der Waals surface area contributed by atoms with E-state index in [-0.39, 0.29) is 18.1 Å². The van der Waals surface area contributed by atoms with E-state index in [1.165, 1.54) is 19.2 Å². The summed E-state index contributed by atoms with van der Waals surface area (Å²) in [6.07, 6.45) is 3.64. The molecule has 2 atom stereocenters. The van der Waals surface area contributed by atoms with Gasteiger partial charge in [0.15, 0.2) is 0 Å². The fourth-order valence-electron chi connectivity index (χ4n) is 4.76. The lowest BCUT2D eigenvalue weighted by Crippen LogP contribution is -2.54. The molecule has 3 aromatic rings. The van der Waals surface area contributed by atoms with E-state index < -0.39 is 35.7 Å². The first-order valence-electron chi connectivity index (χ1n) is 13.9. The molecule has 0 bridgehead atoms. The number of aromatic carboxylic acids is 1. The monoisotopic (exact) mass is 596 g/mol. The summed E-state index contributed by atoms with van der Waals surface area (Å²) in [5, 5.41) is 11.2. The second-order valence-corrected chi connectivity index (χ2v) is 10.8. The molecule has 1 unspecified atom stereocenters. The highest BCUT2D eigenvalue weighted by Gasteiger charge is 2.33. The zero-order valence-electron chi connectivity index (χ0n) is 25.3. The first-order chi connectivity index (χ1) is 20.9. The number of ether oxygens (including phenoxy) is 2. The van der Waals surface area contributed by atoms with Crippen LogP contribution in [0.5, 0.6) is 0 Å². The lowest BCUT2D eigenvalue weighted by molar-refractivity contribution is -0.141. The maximum absolute atomic E-state index is 12.6. The maximum Gasteiger partial charge on any atom is 0.407 e. The molecule has 0 aromatic heterocycles. The molecule has 1 aliphatic rings. The Bertz CT molecular complexity index is 1530. The van der Waals surface area contributed by atoms with Gasteiger partial charge in [0, 0.05) is 11.5 Å². The van der Waals surface area contributed by atoms with Crippen LogP contribution in [0.1, 0.15) is 60.7 Å². The van der Waals surface area contributed by atoms with Crippen molar-refractivity contribution in [2.24, 2.45) is 0 Å². The number of nitrogens with one attached hydrogen (secondary N) is 2. The standard InChI is InChI=1S/C24H30N2O5.C11H6O2/c1-15(31-24(2,3)4)21(22(27)26-29-5)25-23(28)30-14-20-18-12-8-6-10-16(18)17-11-7-9-13-19(17)20;1-2-3-4-9-5-7-10(8-6-9)11(12)13/h6-13,15,20-21H,14H2,1-5H3,(H,25,28)(H,26,27);1,5-8H,(H,12,13)/t15-,21?;/m1./s1. The van der Waals surface area contributed by atoms with E-state index in [4.69, 9.17) is 25.8 Å². The molecule has 2 amide bonds. The number of benzene rings is 3. The highest BCUT2D eigenvalue weighted by atomic mass is 16.6. The predicted molar refractivity (Wildman–Crippen MR) is 167 cm³/mol. The van der Waals surface area contributed by atoms with Crippen LogP contribution >= 0.6 is 0 Å². The van der Waals surface area contributed by atoms with E-state index in [2.05, 4.69) is 52.8 Å². The molecule has 0 aliphatic heterocycles. The van der Waals surface area contributed by atoms with E-state index in [9.17, 15) is 14.4 Å². The Balaban J connectivity index is 0.000000340. The average Bonchev–Trinajstić information content (AvgIpc) is 3.31. The number of carbonyl (C=O) groups excluding carboxylic acids is 2. The molecule has 0 saturated carbocycles. The maximum atomic E-state index is 12.6. The summed E-state index contributed by atoms with van der Waals surface area (Å²) in [6.45, 7) is 7.51. The van der Waals surface area contributed by atoms with Gasteiger partial charge in [0.2, 0.25) is 0 Å². The van der Waals surface area contributed by atoms with Crippen LogP contribution in [-0.4, -0.2) is 54.5 Å². The highest BCUT2D eigenvalue weighted by molar-refractivity contribution is 5.87. The molecule has 228 valence electrons. The first-order valence-corrected chi connectivity index (χ1v) is 13.9. The summed E-state index contributed by atoms with van der Waals surface area (Å²) >= 11 is 0. The molecule has 44 heavy (non-hydrogen) atoms. The Kier molecular flexibility index (Phi) is 11.7. The third-order valence-electron chi connectivity index (χ3n) is 6.52. The van der Waals surface area contributed by atoms with Gasteiger partial charge in [-0.05, 0) is 86.1 Å². The van der Waals surface area contributed by atoms with Gasteiger partial charge in [-0.2, -0.15) is 0 Å². The topological polar surface area (TPSA) is 123 Å². The third-order valence-corrected chi connectivity index (χ3v) is 6.52. The van der Waals surface area contributed by atoms with Crippen molar-refractivity contribution in [1.29, 1.82) is 0 Å². The molecule has 0 fully saturated rings. The lowest BCUT2D eigenvalue weighted by atomic mass is 9.98. The molecule has 4 rings (SSSR count). The van der Waals surface area contributed by atoms with Crippen LogP contribution in [0.25, 0.3) is 11.1 Å². The largest absolute Gasteiger partial charge is 0.478 e. The van der Waals surface area contributed by atoms with E-state index in [1.807, 2.05) is 45.0 Å². The van der Waals surface area contributed by atoms with Crippen molar-refractivity contribution >= 4 is 18.0 Å². The average molecular weight is 597 g/mol. The van der Waals surface area contributed by atoms with Crippen LogP contribution in [-0.2, 0) is 19.1 Å². The zero-order valence-corrected chi connectivity index (χ0v) is 25.3. The molecular weight excluding hydrogens is 560 g/mol. The number of carbonyl (C=O) groups is 3. The molecule has 9 heteroatoms. The molecule has 0 saturated heterocycles. The molecule has 3 N–H and O–H groups in total. The minimum Gasteiger partial charge on any atom is -0.478 e. The van der Waals surface area contributed by atoms with Crippen LogP contribution in [0.3, 0.4) is 0 Å². The molecule has 0 radical (unpaired) electrons. The van der Waals surface area contributed by atoms with Crippen molar-refractivity contribution in [3.63, 3.8) is 0 Å². The summed E-state index contributed by atoms with van der Waals surface area (Å²) in [6, 6.07) is 21.5. The molecule has 3 aromatic carbocycles. The predicted octanol–water partition coefficient (Wildman–Crippen LogP) is 5.14. The number of hydroxylamine groups is 1. The van der Waals surface area contributed by atoms with Crippen molar-refractivity contribution in [1.82, 2.24) is 10.8 Å². The number of carboxylic acid groups (broad SMARTS) is 1. The van der Waals surface area contributed by atoms with Gasteiger partial charge in [0.25, 0.3) is 5.91 Å². The Hall–Kier alpha value is -5.09. The highest BCUT2D eigenvalue weighted by Crippen LogP contribution is 2.44. The number of carboxylic acids is 1. The first kappa shape index (κ1) is 33.4. The van der Waals surface area contributed by atoms with Crippen LogP contribution in [0.4, 0.5) is 4.79 Å². The minimum atomic E-state index is -0.977. The van der Waals surface area contributed by atoms with E-state index in [0.717, 1.165) is 22.3 Å². The summed E-state index contributed by atoms with van der Waals surface area (Å²) in [4.78, 5) is 40.2. The number of hydrogen-bond donors (Lipinski definition) is 3. The van der Waals surface area contributed by atoms with Gasteiger partial charge < -0.3 is 19.9 Å². The van der Waals surface area contributed by atoms with Crippen molar-refractivity contribution in [3.05, 3.63) is 95.1 Å². The Labute approximate surface area is 257 Å². The summed E-state index contributed by atoms with van der Waals surface area (Å²) in [5.41, 5.74) is 7.25. The second kappa shape index (κ2) is 15.4. The number of fused-ring (bicyclic) bond motifs is 3. The van der Waals surface area contributed by atoms with Crippen LogP contribution in [0.15, 0.2) is 72.8 Å². The Morgan fingerprint density at radius 2 is 1.52 bits per heavy atom. The number of hydrogen-bond acceptors (Lipinski definition) is 6. The Morgan fingerprint density at radius 1 is 0.955 bits per heavy atom. The van der Waals surface area contributed by atoms with Crippen molar-refractivity contribution in [2.75, 3.05) is 13.7 Å². The van der Waals surface area contributed by atoms with Gasteiger partial charge in [-0.25, -0.2) is 15.1 Å². The van der Waals surface area contributed by atoms with E-state index in [0.29, 0.717) is 5.56 Å². The molecule has 0 heterocycles. The second-order valence-electron chi connectivity index (χ2n) is 10.8. The van der Waals surface area contributed by atoms with Crippen molar-refractivity contribution < 1.29 is 33.8 Å². The van der Waals surface area contributed by atoms with Crippen molar-refractivity contribution in [2.45, 2.75) is 51.4 Å². The molecule has 0 spiro atoms. The van der Waals surface area contributed by atoms with E-state index in [1.54, 1.807) is 19.1 Å². The fourth-order valence-corrected chi connectivity index (χ4v) is 4.76. The number of alkyl carbamates (subject to hydrolysis) is 1.